The van der Waals surface area contributed by atoms with E-state index in [1.165, 1.54) is 73.8 Å². The fourth-order valence-corrected chi connectivity index (χ4v) is 7.86. The van der Waals surface area contributed by atoms with Gasteiger partial charge in [0.25, 0.3) is 0 Å². The van der Waals surface area contributed by atoms with E-state index in [1.54, 1.807) is 0 Å². The molecule has 0 bridgehead atoms. The second kappa shape index (κ2) is 14.0. The van der Waals surface area contributed by atoms with E-state index in [1.807, 2.05) is 12.1 Å². The number of furan rings is 1. The van der Waals surface area contributed by atoms with Crippen molar-refractivity contribution in [3.8, 4) is 11.3 Å². The summed E-state index contributed by atoms with van der Waals surface area (Å²) in [5.41, 5.74) is 6.22. The molecule has 0 aliphatic heterocycles. The Kier molecular flexibility index (Phi) is 9.87. The summed E-state index contributed by atoms with van der Waals surface area (Å²) in [6, 6.07) is 22.6. The molecule has 0 spiro atoms. The molecule has 3 aliphatic rings. The number of aliphatic hydroxyl groups excluding tert-OH is 1. The Bertz CT molecular complexity index is 1840. The summed E-state index contributed by atoms with van der Waals surface area (Å²) in [5.74, 6) is 1.62. The van der Waals surface area contributed by atoms with Crippen molar-refractivity contribution in [2.24, 2.45) is 11.8 Å². The van der Waals surface area contributed by atoms with Crippen molar-refractivity contribution in [3.63, 3.8) is 0 Å². The Labute approximate surface area is 279 Å². The third-order valence-corrected chi connectivity index (χ3v) is 10.2. The van der Waals surface area contributed by atoms with Gasteiger partial charge in [-0.25, -0.2) is 0 Å². The van der Waals surface area contributed by atoms with Crippen LogP contribution in [0.15, 0.2) is 77.0 Å². The summed E-state index contributed by atoms with van der Waals surface area (Å²) in [5, 5.41) is 14.6. The predicted molar refractivity (Wildman–Crippen MR) is 179 cm³/mol. The number of aryl methyl sites for hydroxylation is 1. The van der Waals surface area contributed by atoms with Crippen LogP contribution in [0.4, 0.5) is 0 Å². The summed E-state index contributed by atoms with van der Waals surface area (Å²) in [4.78, 5) is 16.8. The number of aliphatic hydroxyl groups is 1. The van der Waals surface area contributed by atoms with Gasteiger partial charge in [-0.1, -0.05) is 98.9 Å². The van der Waals surface area contributed by atoms with Crippen molar-refractivity contribution in [3.05, 3.63) is 89.8 Å². The molecule has 1 N–H and O–H groups in total. The molecule has 5 aromatic rings. The molecule has 2 aromatic heterocycles. The summed E-state index contributed by atoms with van der Waals surface area (Å²) in [7, 11) is 0. The SMILES string of the molecule is Cc1[c-]c(-c2ncc(C3CCCC3)c3ccccc23)c2oc3ccccc3c2c1.O=C(/C=C(\O)C1CCCC1)C1CCCC1.[Ir]. The maximum atomic E-state index is 11.8. The van der Waals surface area contributed by atoms with Crippen LogP contribution >= 0.6 is 0 Å². The van der Waals surface area contributed by atoms with Crippen LogP contribution in [0.3, 0.4) is 0 Å². The number of carbonyl (C=O) groups is 1. The summed E-state index contributed by atoms with van der Waals surface area (Å²) >= 11 is 0. The first-order valence-corrected chi connectivity index (χ1v) is 16.7. The van der Waals surface area contributed by atoms with Crippen molar-refractivity contribution >= 4 is 38.5 Å². The minimum atomic E-state index is 0. The Morgan fingerprint density at radius 2 is 1.42 bits per heavy atom. The van der Waals surface area contributed by atoms with E-state index >= 15 is 0 Å². The number of fused-ring (bicyclic) bond motifs is 4. The molecule has 3 aliphatic carbocycles. The average molecular weight is 777 g/mol. The number of pyridine rings is 1. The molecule has 1 radical (unpaired) electrons. The topological polar surface area (TPSA) is 63.3 Å². The minimum Gasteiger partial charge on any atom is -0.512 e. The van der Waals surface area contributed by atoms with E-state index in [-0.39, 0.29) is 37.7 Å². The van der Waals surface area contributed by atoms with E-state index in [0.717, 1.165) is 64.4 Å². The van der Waals surface area contributed by atoms with Crippen LogP contribution in [0, 0.1) is 24.8 Å². The Morgan fingerprint density at radius 3 is 2.13 bits per heavy atom. The molecule has 5 heteroatoms. The number of hydrogen-bond acceptors (Lipinski definition) is 4. The quantitative estimate of drug-likeness (QED) is 0.110. The van der Waals surface area contributed by atoms with E-state index < -0.39 is 0 Å². The van der Waals surface area contributed by atoms with E-state index in [2.05, 4.69) is 61.7 Å². The van der Waals surface area contributed by atoms with Crippen LogP contribution < -0.4 is 0 Å². The fraction of sp³-hybridized carbons (Fsp3) is 0.400. The van der Waals surface area contributed by atoms with E-state index in [4.69, 9.17) is 9.40 Å². The van der Waals surface area contributed by atoms with Crippen LogP contribution in [0.2, 0.25) is 0 Å². The number of nitrogens with zero attached hydrogens (tertiary/aromatic N) is 1. The first-order chi connectivity index (χ1) is 21.6. The van der Waals surface area contributed by atoms with Crippen molar-refractivity contribution in [2.45, 2.75) is 89.9 Å². The molecule has 2 heterocycles. The van der Waals surface area contributed by atoms with Gasteiger partial charge in [-0.15, -0.1) is 17.7 Å². The second-order valence-electron chi connectivity index (χ2n) is 13.2. The van der Waals surface area contributed by atoms with E-state index in [9.17, 15) is 9.90 Å². The second-order valence-corrected chi connectivity index (χ2v) is 13.2. The molecular formula is C40H42IrNO3-. The number of ketones is 1. The number of allylic oxidation sites excluding steroid dienone is 2. The predicted octanol–water partition coefficient (Wildman–Crippen LogP) is 10.9. The smallest absolute Gasteiger partial charge is 0.162 e. The standard InChI is InChI=1S/C27H22NO.C13H20O2.Ir/c1-17-14-22-20-11-6-7-13-25(20)29-27(22)23(15-17)26-21-12-5-4-10-19(21)24(16-28-26)18-8-2-3-9-18;14-12(10-5-1-2-6-10)9-13(15)11-7-3-4-8-11;/h4-7,10-14,16,18H,2-3,8-9H2,1H3;9-11,14H,1-8H2;/q-1;;/b;12-9-;. The maximum Gasteiger partial charge on any atom is 0.162 e. The number of aromatic nitrogens is 1. The number of hydrogen-bond donors (Lipinski definition) is 1. The molecule has 0 atom stereocenters. The Morgan fingerprint density at radius 1 is 0.822 bits per heavy atom. The van der Waals surface area contributed by atoms with Gasteiger partial charge in [0.15, 0.2) is 5.78 Å². The number of carbonyl (C=O) groups excluding carboxylic acids is 1. The maximum absolute atomic E-state index is 11.8. The number of para-hydroxylation sites is 1. The normalized spacial score (nSPS) is 18.0. The molecule has 0 amide bonds. The van der Waals surface area contributed by atoms with Crippen molar-refractivity contribution in [2.75, 3.05) is 0 Å². The molecule has 3 saturated carbocycles. The zero-order chi connectivity index (χ0) is 30.0. The Balaban J connectivity index is 0.000000190. The first-order valence-electron chi connectivity index (χ1n) is 16.7. The Hall–Kier alpha value is -3.27. The average Bonchev–Trinajstić information content (AvgIpc) is 3.88. The molecule has 0 saturated heterocycles. The van der Waals surface area contributed by atoms with Gasteiger partial charge in [0.1, 0.15) is 5.58 Å². The molecule has 0 unspecified atom stereocenters. The zero-order valence-electron chi connectivity index (χ0n) is 26.1. The van der Waals surface area contributed by atoms with Crippen molar-refractivity contribution in [1.29, 1.82) is 0 Å². The molecule has 45 heavy (non-hydrogen) atoms. The largest absolute Gasteiger partial charge is 0.512 e. The molecule has 3 fully saturated rings. The van der Waals surface area contributed by atoms with Crippen LogP contribution in [0.25, 0.3) is 44.0 Å². The van der Waals surface area contributed by atoms with Crippen LogP contribution in [0.1, 0.15) is 94.1 Å². The third-order valence-electron chi connectivity index (χ3n) is 10.2. The van der Waals surface area contributed by atoms with Gasteiger partial charge in [-0.3, -0.25) is 4.79 Å². The van der Waals surface area contributed by atoms with Gasteiger partial charge in [-0.2, -0.15) is 0 Å². The first kappa shape index (κ1) is 31.7. The van der Waals surface area contributed by atoms with E-state index in [0.29, 0.717) is 11.7 Å². The molecule has 8 rings (SSSR count). The minimum absolute atomic E-state index is 0. The summed E-state index contributed by atoms with van der Waals surface area (Å²) in [6.07, 6.45) is 17.7. The van der Waals surface area contributed by atoms with Crippen molar-refractivity contribution in [1.82, 2.24) is 4.98 Å². The van der Waals surface area contributed by atoms with Crippen molar-refractivity contribution < 1.29 is 34.4 Å². The summed E-state index contributed by atoms with van der Waals surface area (Å²) in [6.45, 7) is 2.10. The van der Waals surface area contributed by atoms with Gasteiger partial charge in [0, 0.05) is 49.6 Å². The van der Waals surface area contributed by atoms with Gasteiger partial charge in [-0.05, 0) is 72.5 Å². The van der Waals surface area contributed by atoms with Gasteiger partial charge >= 0.3 is 0 Å². The molecule has 3 aromatic carbocycles. The number of benzene rings is 3. The van der Waals surface area contributed by atoms with Crippen LogP contribution in [-0.4, -0.2) is 15.9 Å². The zero-order valence-corrected chi connectivity index (χ0v) is 28.5. The molecule has 4 nitrogen and oxygen atoms in total. The van der Waals surface area contributed by atoms with Crippen LogP contribution in [0.5, 0.6) is 0 Å². The van der Waals surface area contributed by atoms with Gasteiger partial charge in [0.05, 0.1) is 11.3 Å². The number of rotatable bonds is 5. The molecule has 235 valence electrons. The van der Waals surface area contributed by atoms with Gasteiger partial charge < -0.3 is 14.5 Å². The summed E-state index contributed by atoms with van der Waals surface area (Å²) < 4.78 is 6.30. The fourth-order valence-electron chi connectivity index (χ4n) is 7.86. The van der Waals surface area contributed by atoms with Gasteiger partial charge in [0.2, 0.25) is 0 Å². The third kappa shape index (κ3) is 6.53. The molecular weight excluding hydrogens is 735 g/mol. The van der Waals surface area contributed by atoms with Crippen LogP contribution in [-0.2, 0) is 24.9 Å². The monoisotopic (exact) mass is 777 g/mol.